The van der Waals surface area contributed by atoms with E-state index >= 15 is 0 Å². The summed E-state index contributed by atoms with van der Waals surface area (Å²) in [5, 5.41) is 8.46. The first-order chi connectivity index (χ1) is 8.45. The first-order valence-corrected chi connectivity index (χ1v) is 7.14. The van der Waals surface area contributed by atoms with Crippen molar-refractivity contribution in [1.29, 1.82) is 5.26 Å². The largest absolute Gasteiger partial charge is 0.331 e. The van der Waals surface area contributed by atoms with Crippen LogP contribution in [0.4, 0.5) is 0 Å². The minimum atomic E-state index is -3.39. The van der Waals surface area contributed by atoms with Crippen LogP contribution in [0, 0.1) is 18.3 Å². The molecule has 0 fully saturated rings. The molecule has 0 radical (unpaired) electrons. The van der Waals surface area contributed by atoms with E-state index < -0.39 is 9.84 Å². The van der Waals surface area contributed by atoms with E-state index in [-0.39, 0.29) is 17.1 Å². The van der Waals surface area contributed by atoms with Gasteiger partial charge in [-0.05, 0) is 25.1 Å². The predicted molar refractivity (Wildman–Crippen MR) is 67.7 cm³/mol. The van der Waals surface area contributed by atoms with Crippen molar-refractivity contribution in [3.8, 4) is 6.07 Å². The van der Waals surface area contributed by atoms with E-state index in [1.165, 1.54) is 0 Å². The van der Waals surface area contributed by atoms with Gasteiger partial charge in [0.15, 0.2) is 9.84 Å². The molecule has 1 heterocycles. The number of rotatable bonds is 3. The highest BCUT2D eigenvalue weighted by molar-refractivity contribution is 7.91. The van der Waals surface area contributed by atoms with Crippen LogP contribution in [-0.4, -0.2) is 23.7 Å². The maximum absolute atomic E-state index is 11.9. The highest BCUT2D eigenvalue weighted by Crippen LogP contribution is 2.20. The molecule has 18 heavy (non-hydrogen) atoms. The maximum Gasteiger partial charge on any atom is 0.179 e. The highest BCUT2D eigenvalue weighted by atomic mass is 32.2. The number of hydrogen-bond acceptors (Lipinski definition) is 4. The Morgan fingerprint density at radius 3 is 2.83 bits per heavy atom. The van der Waals surface area contributed by atoms with Gasteiger partial charge in [-0.25, -0.2) is 13.4 Å². The van der Waals surface area contributed by atoms with Gasteiger partial charge in [0.2, 0.25) is 0 Å². The van der Waals surface area contributed by atoms with Gasteiger partial charge >= 0.3 is 0 Å². The lowest BCUT2D eigenvalue weighted by atomic mass is 10.3. The Bertz CT molecular complexity index is 739. The quantitative estimate of drug-likeness (QED) is 0.842. The molecule has 0 unspecified atom stereocenters. The number of aryl methyl sites for hydroxylation is 2. The van der Waals surface area contributed by atoms with E-state index in [1.807, 2.05) is 24.6 Å². The second kappa shape index (κ2) is 4.42. The predicted octanol–water partition coefficient (Wildman–Crippen LogP) is 1.57. The molecule has 0 N–H and O–H groups in total. The van der Waals surface area contributed by atoms with Gasteiger partial charge in [0.25, 0.3) is 0 Å². The second-order valence-electron chi connectivity index (χ2n) is 4.10. The van der Waals surface area contributed by atoms with E-state index in [0.717, 1.165) is 11.3 Å². The zero-order valence-electron chi connectivity index (χ0n) is 10.2. The molecule has 1 aromatic carbocycles. The van der Waals surface area contributed by atoms with Crippen LogP contribution >= 0.6 is 0 Å². The molecular formula is C12H13N3O2S. The number of sulfone groups is 1. The summed E-state index contributed by atoms with van der Waals surface area (Å²) in [5.41, 5.74) is 1.56. The van der Waals surface area contributed by atoms with Crippen LogP contribution in [-0.2, 0) is 16.9 Å². The number of hydrogen-bond donors (Lipinski definition) is 0. The summed E-state index contributed by atoms with van der Waals surface area (Å²) in [6.45, 7) is 1.86. The van der Waals surface area contributed by atoms with E-state index in [0.29, 0.717) is 5.52 Å². The smallest absolute Gasteiger partial charge is 0.179 e. The summed E-state index contributed by atoms with van der Waals surface area (Å²) in [5.74, 6) is 0.678. The van der Waals surface area contributed by atoms with Crippen molar-refractivity contribution >= 4 is 20.9 Å². The maximum atomic E-state index is 11.9. The molecule has 5 nitrogen and oxygen atoms in total. The fraction of sp³-hybridized carbons (Fsp3) is 0.333. The molecule has 0 amide bonds. The van der Waals surface area contributed by atoms with Crippen LogP contribution in [0.15, 0.2) is 23.1 Å². The summed E-state index contributed by atoms with van der Waals surface area (Å²) < 4.78 is 25.8. The van der Waals surface area contributed by atoms with Gasteiger partial charge in [-0.2, -0.15) is 5.26 Å². The molecule has 94 valence electrons. The van der Waals surface area contributed by atoms with E-state index in [2.05, 4.69) is 4.98 Å². The van der Waals surface area contributed by atoms with Gasteiger partial charge in [0.1, 0.15) is 5.82 Å². The number of nitrogens with zero attached hydrogens (tertiary/aromatic N) is 3. The van der Waals surface area contributed by atoms with Crippen molar-refractivity contribution in [2.24, 2.45) is 7.05 Å². The van der Waals surface area contributed by atoms with Gasteiger partial charge in [-0.3, -0.25) is 0 Å². The lowest BCUT2D eigenvalue weighted by molar-refractivity contribution is 0.596. The molecule has 1 aromatic heterocycles. The number of fused-ring (bicyclic) bond motifs is 1. The molecule has 2 aromatic rings. The van der Waals surface area contributed by atoms with Crippen molar-refractivity contribution < 1.29 is 8.42 Å². The summed E-state index contributed by atoms with van der Waals surface area (Å²) in [7, 11) is -1.51. The average molecular weight is 263 g/mol. The third kappa shape index (κ3) is 2.09. The topological polar surface area (TPSA) is 75.8 Å². The molecule has 6 heteroatoms. The normalized spacial score (nSPS) is 11.6. The van der Waals surface area contributed by atoms with Crippen LogP contribution in [0.3, 0.4) is 0 Å². The number of aromatic nitrogens is 2. The van der Waals surface area contributed by atoms with Crippen LogP contribution in [0.25, 0.3) is 11.0 Å². The fourth-order valence-electron chi connectivity index (χ4n) is 1.79. The molecule has 0 aliphatic carbocycles. The Morgan fingerprint density at radius 2 is 2.17 bits per heavy atom. The Balaban J connectivity index is 2.51. The van der Waals surface area contributed by atoms with Crippen molar-refractivity contribution in [2.45, 2.75) is 18.2 Å². The third-order valence-electron chi connectivity index (χ3n) is 2.92. The van der Waals surface area contributed by atoms with Crippen molar-refractivity contribution in [2.75, 3.05) is 5.75 Å². The Hall–Kier alpha value is -1.87. The average Bonchev–Trinajstić information content (AvgIpc) is 2.62. The van der Waals surface area contributed by atoms with Crippen molar-refractivity contribution in [3.63, 3.8) is 0 Å². The first kappa shape index (κ1) is 12.6. The number of benzene rings is 1. The summed E-state index contributed by atoms with van der Waals surface area (Å²) in [6.07, 6.45) is 0.00160. The molecular weight excluding hydrogens is 250 g/mol. The van der Waals surface area contributed by atoms with Crippen molar-refractivity contribution in [1.82, 2.24) is 9.55 Å². The van der Waals surface area contributed by atoms with Crippen LogP contribution in [0.2, 0.25) is 0 Å². The molecule has 2 rings (SSSR count). The van der Waals surface area contributed by atoms with Gasteiger partial charge in [0, 0.05) is 13.5 Å². The molecule has 0 spiro atoms. The first-order valence-electron chi connectivity index (χ1n) is 5.48. The Kier molecular flexibility index (Phi) is 3.09. The minimum Gasteiger partial charge on any atom is -0.331 e. The molecule has 0 saturated carbocycles. The summed E-state index contributed by atoms with van der Waals surface area (Å²) >= 11 is 0. The van der Waals surface area contributed by atoms with Gasteiger partial charge < -0.3 is 4.57 Å². The number of imidazole rings is 1. The lowest BCUT2D eigenvalue weighted by Gasteiger charge is -2.02. The fourth-order valence-corrected chi connectivity index (χ4v) is 2.95. The van der Waals surface area contributed by atoms with Crippen LogP contribution in [0.5, 0.6) is 0 Å². The highest BCUT2D eigenvalue weighted by Gasteiger charge is 2.15. The van der Waals surface area contributed by atoms with E-state index in [1.54, 1.807) is 18.2 Å². The van der Waals surface area contributed by atoms with Crippen molar-refractivity contribution in [3.05, 3.63) is 24.0 Å². The Labute approximate surface area is 106 Å². The van der Waals surface area contributed by atoms with E-state index in [9.17, 15) is 8.42 Å². The standard InChI is InChI=1S/C12H13N3O2S/c1-9-14-11-8-10(4-5-12(11)15(9)2)18(16,17)7-3-6-13/h4-5,8H,3,7H2,1-2H3. The molecule has 0 aliphatic heterocycles. The third-order valence-corrected chi connectivity index (χ3v) is 4.63. The number of nitriles is 1. The Morgan fingerprint density at radius 1 is 1.44 bits per heavy atom. The summed E-state index contributed by atoms with van der Waals surface area (Å²) in [4.78, 5) is 4.53. The summed E-state index contributed by atoms with van der Waals surface area (Å²) in [6, 6.07) is 6.72. The van der Waals surface area contributed by atoms with Gasteiger partial charge in [-0.1, -0.05) is 0 Å². The minimum absolute atomic E-state index is 0.00160. The van der Waals surface area contributed by atoms with Crippen LogP contribution < -0.4 is 0 Å². The lowest BCUT2D eigenvalue weighted by Crippen LogP contribution is -2.06. The zero-order valence-corrected chi connectivity index (χ0v) is 11.0. The molecule has 0 saturated heterocycles. The van der Waals surface area contributed by atoms with Gasteiger partial charge in [0.05, 0.1) is 27.8 Å². The van der Waals surface area contributed by atoms with Gasteiger partial charge in [-0.15, -0.1) is 0 Å². The second-order valence-corrected chi connectivity index (χ2v) is 6.20. The monoisotopic (exact) mass is 263 g/mol. The SMILES string of the molecule is Cc1nc2cc(S(=O)(=O)CCC#N)ccc2n1C. The van der Waals surface area contributed by atoms with E-state index in [4.69, 9.17) is 5.26 Å². The molecule has 0 aliphatic rings. The van der Waals surface area contributed by atoms with Crippen LogP contribution in [0.1, 0.15) is 12.2 Å². The molecule has 0 bridgehead atoms. The molecule has 0 atom stereocenters. The zero-order chi connectivity index (χ0) is 13.3.